The molecule has 0 spiro atoms. The lowest BCUT2D eigenvalue weighted by molar-refractivity contribution is -0.141. The highest BCUT2D eigenvalue weighted by Gasteiger charge is 2.34. The second kappa shape index (κ2) is 6.92. The Balaban J connectivity index is 1.74. The van der Waals surface area contributed by atoms with E-state index >= 15 is 0 Å². The number of nitrogens with one attached hydrogen (secondary N) is 1. The van der Waals surface area contributed by atoms with E-state index in [1.807, 2.05) is 0 Å². The number of piperidine rings is 1. The predicted octanol–water partition coefficient (Wildman–Crippen LogP) is 0.977. The largest absolute Gasteiger partial charge is 0.480 e. The number of likely N-dealkylation sites (tertiary alicyclic amines) is 2. The van der Waals surface area contributed by atoms with E-state index in [1.54, 1.807) is 0 Å². The van der Waals surface area contributed by atoms with Gasteiger partial charge in [0.25, 0.3) is 0 Å². The summed E-state index contributed by atoms with van der Waals surface area (Å²) in [6.07, 6.45) is 3.56. The number of amides is 2. The molecule has 2 aliphatic rings. The van der Waals surface area contributed by atoms with Crippen LogP contribution in [0.4, 0.5) is 4.79 Å². The lowest BCUT2D eigenvalue weighted by Crippen LogP contribution is -2.47. The van der Waals surface area contributed by atoms with Crippen LogP contribution in [0.15, 0.2) is 0 Å². The first-order chi connectivity index (χ1) is 9.61. The Morgan fingerprint density at radius 2 is 1.90 bits per heavy atom. The maximum absolute atomic E-state index is 12.1. The van der Waals surface area contributed by atoms with Gasteiger partial charge in [-0.1, -0.05) is 6.92 Å². The molecule has 0 aliphatic carbocycles. The van der Waals surface area contributed by atoms with Gasteiger partial charge in [-0.3, -0.25) is 0 Å². The first kappa shape index (κ1) is 15.1. The minimum absolute atomic E-state index is 0.215. The van der Waals surface area contributed by atoms with E-state index in [-0.39, 0.29) is 6.03 Å². The molecule has 0 bridgehead atoms. The lowest BCUT2D eigenvalue weighted by atomic mass is 9.97. The Morgan fingerprint density at radius 3 is 2.50 bits per heavy atom. The van der Waals surface area contributed by atoms with Crippen molar-refractivity contribution in [2.24, 2.45) is 5.92 Å². The zero-order valence-corrected chi connectivity index (χ0v) is 12.2. The van der Waals surface area contributed by atoms with E-state index in [1.165, 1.54) is 4.90 Å². The summed E-state index contributed by atoms with van der Waals surface area (Å²) in [5, 5.41) is 12.0. The average Bonchev–Trinajstić information content (AvgIpc) is 2.95. The van der Waals surface area contributed by atoms with E-state index in [9.17, 15) is 9.59 Å². The molecule has 0 unspecified atom stereocenters. The second-order valence-electron chi connectivity index (χ2n) is 5.75. The fraction of sp³-hybridized carbons (Fsp3) is 0.857. The van der Waals surface area contributed by atoms with Crippen molar-refractivity contribution in [1.29, 1.82) is 0 Å². The molecule has 2 amide bonds. The summed E-state index contributed by atoms with van der Waals surface area (Å²) in [4.78, 5) is 27.0. The van der Waals surface area contributed by atoms with E-state index in [0.717, 1.165) is 38.9 Å². The van der Waals surface area contributed by atoms with Crippen molar-refractivity contribution in [3.05, 3.63) is 0 Å². The molecule has 114 valence electrons. The Morgan fingerprint density at radius 1 is 1.20 bits per heavy atom. The van der Waals surface area contributed by atoms with Crippen LogP contribution in [0.3, 0.4) is 0 Å². The first-order valence-corrected chi connectivity index (χ1v) is 7.61. The number of rotatable bonds is 4. The molecule has 2 aliphatic heterocycles. The molecule has 2 heterocycles. The standard InChI is InChI=1S/C14H25N3O3/c1-2-16-8-5-11(6-9-16)10-15-14(20)17-7-3-4-12(17)13(18)19/h11-12H,2-10H2,1H3,(H,15,20)(H,18,19)/t12-/m0/s1. The number of hydrogen-bond donors (Lipinski definition) is 2. The summed E-state index contributed by atoms with van der Waals surface area (Å²) >= 11 is 0. The van der Waals surface area contributed by atoms with E-state index in [0.29, 0.717) is 25.4 Å². The van der Waals surface area contributed by atoms with E-state index in [4.69, 9.17) is 5.11 Å². The number of hydrogen-bond acceptors (Lipinski definition) is 3. The SMILES string of the molecule is CCN1CCC(CNC(=O)N2CCC[C@H]2C(=O)O)CC1. The molecule has 2 saturated heterocycles. The van der Waals surface area contributed by atoms with E-state index < -0.39 is 12.0 Å². The normalized spacial score (nSPS) is 24.9. The molecule has 20 heavy (non-hydrogen) atoms. The van der Waals surface area contributed by atoms with Crippen LogP contribution in [0.25, 0.3) is 0 Å². The number of carboxylic acid groups (broad SMARTS) is 1. The highest BCUT2D eigenvalue weighted by Crippen LogP contribution is 2.19. The highest BCUT2D eigenvalue weighted by atomic mass is 16.4. The Bertz CT molecular complexity index is 354. The second-order valence-corrected chi connectivity index (χ2v) is 5.75. The molecule has 2 N–H and O–H groups in total. The minimum Gasteiger partial charge on any atom is -0.480 e. The molecule has 0 saturated carbocycles. The minimum atomic E-state index is -0.895. The van der Waals surface area contributed by atoms with Crippen molar-refractivity contribution >= 4 is 12.0 Å². The molecule has 6 nitrogen and oxygen atoms in total. The van der Waals surface area contributed by atoms with Crippen molar-refractivity contribution in [1.82, 2.24) is 15.1 Å². The van der Waals surface area contributed by atoms with E-state index in [2.05, 4.69) is 17.1 Å². The molecule has 2 fully saturated rings. The molecular formula is C14H25N3O3. The molecule has 0 aromatic carbocycles. The monoisotopic (exact) mass is 283 g/mol. The van der Waals surface area contributed by atoms with Crippen LogP contribution < -0.4 is 5.32 Å². The zero-order chi connectivity index (χ0) is 14.5. The Kier molecular flexibility index (Phi) is 5.23. The summed E-state index contributed by atoms with van der Waals surface area (Å²) in [6.45, 7) is 6.67. The number of nitrogens with zero attached hydrogens (tertiary/aromatic N) is 2. The number of carboxylic acids is 1. The topological polar surface area (TPSA) is 72.9 Å². The third-order valence-electron chi connectivity index (χ3n) is 4.50. The third-order valence-corrected chi connectivity index (χ3v) is 4.50. The maximum atomic E-state index is 12.1. The van der Waals surface area contributed by atoms with Crippen molar-refractivity contribution in [2.45, 2.75) is 38.6 Å². The van der Waals surface area contributed by atoms with Gasteiger partial charge in [0, 0.05) is 13.1 Å². The van der Waals surface area contributed by atoms with Crippen molar-refractivity contribution in [3.63, 3.8) is 0 Å². The Labute approximate surface area is 120 Å². The Hall–Kier alpha value is -1.30. The molecular weight excluding hydrogens is 258 g/mol. The maximum Gasteiger partial charge on any atom is 0.326 e. The molecule has 0 aromatic rings. The van der Waals surface area contributed by atoms with Gasteiger partial charge in [-0.25, -0.2) is 9.59 Å². The average molecular weight is 283 g/mol. The van der Waals surface area contributed by atoms with Gasteiger partial charge in [0.2, 0.25) is 0 Å². The van der Waals surface area contributed by atoms with Crippen LogP contribution in [0.2, 0.25) is 0 Å². The fourth-order valence-electron chi connectivity index (χ4n) is 3.11. The van der Waals surface area contributed by atoms with Crippen LogP contribution in [0.1, 0.15) is 32.6 Å². The van der Waals surface area contributed by atoms with Gasteiger partial charge in [0.05, 0.1) is 0 Å². The fourth-order valence-corrected chi connectivity index (χ4v) is 3.11. The quantitative estimate of drug-likeness (QED) is 0.806. The smallest absolute Gasteiger partial charge is 0.326 e. The summed E-state index contributed by atoms with van der Waals surface area (Å²) in [7, 11) is 0. The molecule has 2 rings (SSSR count). The molecule has 0 radical (unpaired) electrons. The highest BCUT2D eigenvalue weighted by molar-refractivity contribution is 5.83. The van der Waals surface area contributed by atoms with Gasteiger partial charge < -0.3 is 20.2 Å². The van der Waals surface area contributed by atoms with Crippen LogP contribution in [0.5, 0.6) is 0 Å². The van der Waals surface area contributed by atoms with Gasteiger partial charge in [-0.2, -0.15) is 0 Å². The van der Waals surface area contributed by atoms with Crippen LogP contribution in [0, 0.1) is 5.92 Å². The van der Waals surface area contributed by atoms with Gasteiger partial charge in [-0.15, -0.1) is 0 Å². The summed E-state index contributed by atoms with van der Waals surface area (Å²) in [6, 6.07) is -0.857. The van der Waals surface area contributed by atoms with Gasteiger partial charge >= 0.3 is 12.0 Å². The van der Waals surface area contributed by atoms with Gasteiger partial charge in [0.1, 0.15) is 6.04 Å². The number of carbonyl (C=O) groups excluding carboxylic acids is 1. The van der Waals surface area contributed by atoms with Crippen molar-refractivity contribution in [3.8, 4) is 0 Å². The summed E-state index contributed by atoms with van der Waals surface area (Å²) < 4.78 is 0. The van der Waals surface area contributed by atoms with Crippen LogP contribution >= 0.6 is 0 Å². The molecule has 6 heteroatoms. The third kappa shape index (κ3) is 3.62. The summed E-state index contributed by atoms with van der Waals surface area (Å²) in [5.74, 6) is -0.374. The van der Waals surface area contributed by atoms with Crippen molar-refractivity contribution < 1.29 is 14.7 Å². The first-order valence-electron chi connectivity index (χ1n) is 7.61. The van der Waals surface area contributed by atoms with Crippen LogP contribution in [-0.4, -0.2) is 65.7 Å². The number of carbonyl (C=O) groups is 2. The van der Waals surface area contributed by atoms with Gasteiger partial charge in [0.15, 0.2) is 0 Å². The van der Waals surface area contributed by atoms with Gasteiger partial charge in [-0.05, 0) is 51.2 Å². The predicted molar refractivity (Wildman–Crippen MR) is 75.6 cm³/mol. The summed E-state index contributed by atoms with van der Waals surface area (Å²) in [5.41, 5.74) is 0. The zero-order valence-electron chi connectivity index (χ0n) is 12.2. The van der Waals surface area contributed by atoms with Crippen molar-refractivity contribution in [2.75, 3.05) is 32.7 Å². The molecule has 0 aromatic heterocycles. The van der Waals surface area contributed by atoms with Crippen LogP contribution in [-0.2, 0) is 4.79 Å². The lowest BCUT2D eigenvalue weighted by Gasteiger charge is -2.31. The number of aliphatic carboxylic acids is 1. The molecule has 1 atom stereocenters. The number of urea groups is 1.